The van der Waals surface area contributed by atoms with Crippen molar-refractivity contribution in [1.29, 1.82) is 0 Å². The van der Waals surface area contributed by atoms with E-state index in [9.17, 15) is 9.59 Å². The van der Waals surface area contributed by atoms with E-state index < -0.39 is 6.04 Å². The molecule has 3 atom stereocenters. The number of methoxy groups -OCH3 is 1. The predicted molar refractivity (Wildman–Crippen MR) is 97.4 cm³/mol. The van der Waals surface area contributed by atoms with Crippen LogP contribution in [0.5, 0.6) is 5.75 Å². The lowest BCUT2D eigenvalue weighted by Gasteiger charge is -2.29. The van der Waals surface area contributed by atoms with Gasteiger partial charge in [-0.2, -0.15) is 0 Å². The molecule has 1 aromatic rings. The van der Waals surface area contributed by atoms with Crippen LogP contribution in [-0.4, -0.2) is 47.0 Å². The number of nitrogens with zero attached hydrogens (tertiary/aromatic N) is 1. The fraction of sp³-hybridized carbons (Fsp3) is 0.556. The Hall–Kier alpha value is -1.69. The van der Waals surface area contributed by atoms with E-state index >= 15 is 0 Å². The maximum atomic E-state index is 13.0. The number of ether oxygens (including phenoxy) is 1. The Morgan fingerprint density at radius 2 is 2.00 bits per heavy atom. The summed E-state index contributed by atoms with van der Waals surface area (Å²) in [5.74, 6) is 1.19. The number of carbonyl (C=O) groups is 2. The molecule has 1 heterocycles. The first-order valence-electron chi connectivity index (χ1n) is 8.40. The number of nitrogens with one attached hydrogen (secondary N) is 1. The van der Waals surface area contributed by atoms with E-state index in [0.29, 0.717) is 17.1 Å². The minimum Gasteiger partial charge on any atom is -0.497 e. The molecule has 1 fully saturated rings. The van der Waals surface area contributed by atoms with Crippen molar-refractivity contribution in [3.05, 3.63) is 29.8 Å². The molecule has 1 N–H and O–H groups in total. The van der Waals surface area contributed by atoms with E-state index in [2.05, 4.69) is 5.32 Å². The van der Waals surface area contributed by atoms with Gasteiger partial charge in [0.15, 0.2) is 0 Å². The van der Waals surface area contributed by atoms with E-state index in [1.54, 1.807) is 48.0 Å². The molecule has 0 saturated carbocycles. The first-order chi connectivity index (χ1) is 11.5. The van der Waals surface area contributed by atoms with Crippen LogP contribution in [0.2, 0.25) is 0 Å². The van der Waals surface area contributed by atoms with E-state index in [-0.39, 0.29) is 23.2 Å². The summed E-state index contributed by atoms with van der Waals surface area (Å²) in [4.78, 5) is 27.3. The van der Waals surface area contributed by atoms with Gasteiger partial charge in [0.1, 0.15) is 11.8 Å². The number of amides is 2. The lowest BCUT2D eigenvalue weighted by Crippen LogP contribution is -2.51. The minimum atomic E-state index is -0.413. The molecule has 2 rings (SSSR count). The van der Waals surface area contributed by atoms with Gasteiger partial charge in [0.25, 0.3) is 5.91 Å². The van der Waals surface area contributed by atoms with Gasteiger partial charge in [-0.25, -0.2) is 0 Å². The van der Waals surface area contributed by atoms with Crippen LogP contribution >= 0.6 is 11.8 Å². The highest BCUT2D eigenvalue weighted by Gasteiger charge is 2.41. The zero-order chi connectivity index (χ0) is 17.7. The fourth-order valence-corrected chi connectivity index (χ4v) is 4.03. The van der Waals surface area contributed by atoms with Crippen molar-refractivity contribution < 1.29 is 14.3 Å². The molecular formula is C18H26N2O3S. The van der Waals surface area contributed by atoms with Crippen molar-refractivity contribution in [3.63, 3.8) is 0 Å². The number of thioether (sulfide) groups is 1. The second-order valence-electron chi connectivity index (χ2n) is 5.97. The third-order valence-corrected chi connectivity index (χ3v) is 5.77. The number of rotatable bonds is 6. The minimum absolute atomic E-state index is 0.0345. The smallest absolute Gasteiger partial charge is 0.255 e. The molecule has 0 spiro atoms. The third kappa shape index (κ3) is 4.04. The van der Waals surface area contributed by atoms with Crippen LogP contribution < -0.4 is 10.1 Å². The van der Waals surface area contributed by atoms with E-state index in [1.807, 2.05) is 20.8 Å². The summed E-state index contributed by atoms with van der Waals surface area (Å²) >= 11 is 1.67. The molecule has 24 heavy (non-hydrogen) atoms. The Kier molecular flexibility index (Phi) is 6.54. The molecule has 0 bridgehead atoms. The maximum absolute atomic E-state index is 13.0. The van der Waals surface area contributed by atoms with Gasteiger partial charge in [-0.15, -0.1) is 11.8 Å². The summed E-state index contributed by atoms with van der Waals surface area (Å²) in [6.07, 6.45) is 1.69. The largest absolute Gasteiger partial charge is 0.497 e. The first kappa shape index (κ1) is 18.6. The van der Waals surface area contributed by atoms with E-state index in [0.717, 1.165) is 12.8 Å². The molecule has 6 heteroatoms. The Morgan fingerprint density at radius 3 is 2.54 bits per heavy atom. The van der Waals surface area contributed by atoms with Crippen LogP contribution in [0.15, 0.2) is 24.3 Å². The van der Waals surface area contributed by atoms with Crippen LogP contribution in [0.1, 0.15) is 44.0 Å². The van der Waals surface area contributed by atoms with Crippen molar-refractivity contribution in [2.75, 3.05) is 12.9 Å². The van der Waals surface area contributed by atoms with Crippen molar-refractivity contribution in [3.8, 4) is 5.75 Å². The third-order valence-electron chi connectivity index (χ3n) is 4.32. The normalized spacial score (nSPS) is 21.4. The van der Waals surface area contributed by atoms with Crippen molar-refractivity contribution in [1.82, 2.24) is 10.2 Å². The first-order valence-corrected chi connectivity index (χ1v) is 9.45. The summed E-state index contributed by atoms with van der Waals surface area (Å²) < 4.78 is 5.14. The molecule has 0 unspecified atom stereocenters. The summed E-state index contributed by atoms with van der Waals surface area (Å²) in [5, 5.41) is 3.04. The standard InChI is InChI=1S/C18H26N2O3S/c1-5-12(3)19-17(21)15-11-24-16(6-2)20(15)18(22)13-7-9-14(23-4)10-8-13/h7-10,12,15-16H,5-6,11H2,1-4H3,(H,19,21)/t12-,15-,16-/m0/s1. The van der Waals surface area contributed by atoms with Gasteiger partial charge >= 0.3 is 0 Å². The van der Waals surface area contributed by atoms with Gasteiger partial charge in [0.2, 0.25) is 5.91 Å². The van der Waals surface area contributed by atoms with E-state index in [1.165, 1.54) is 0 Å². The zero-order valence-electron chi connectivity index (χ0n) is 14.7. The molecule has 1 aliphatic heterocycles. The highest BCUT2D eigenvalue weighted by atomic mass is 32.2. The maximum Gasteiger partial charge on any atom is 0.255 e. The highest BCUT2D eigenvalue weighted by Crippen LogP contribution is 2.33. The molecule has 0 aliphatic carbocycles. The average molecular weight is 350 g/mol. The Morgan fingerprint density at radius 1 is 1.33 bits per heavy atom. The summed E-state index contributed by atoms with van der Waals surface area (Å²) in [7, 11) is 1.59. The topological polar surface area (TPSA) is 58.6 Å². The zero-order valence-corrected chi connectivity index (χ0v) is 15.6. The quantitative estimate of drug-likeness (QED) is 0.857. The van der Waals surface area contributed by atoms with Crippen LogP contribution in [0.25, 0.3) is 0 Å². The van der Waals surface area contributed by atoms with Gasteiger partial charge < -0.3 is 15.0 Å². The van der Waals surface area contributed by atoms with Crippen LogP contribution in [0, 0.1) is 0 Å². The van der Waals surface area contributed by atoms with Crippen LogP contribution in [0.3, 0.4) is 0 Å². The molecule has 1 aromatic carbocycles. The lowest BCUT2D eigenvalue weighted by molar-refractivity contribution is -0.125. The summed E-state index contributed by atoms with van der Waals surface area (Å²) in [6, 6.07) is 6.74. The molecule has 5 nitrogen and oxygen atoms in total. The van der Waals surface area contributed by atoms with Crippen LogP contribution in [-0.2, 0) is 4.79 Å². The van der Waals surface area contributed by atoms with Crippen LogP contribution in [0.4, 0.5) is 0 Å². The number of carbonyl (C=O) groups excluding carboxylic acids is 2. The molecule has 0 radical (unpaired) electrons. The van der Waals surface area contributed by atoms with Crippen molar-refractivity contribution in [2.24, 2.45) is 0 Å². The summed E-state index contributed by atoms with van der Waals surface area (Å²) in [6.45, 7) is 6.05. The lowest BCUT2D eigenvalue weighted by atomic mass is 10.1. The van der Waals surface area contributed by atoms with Gasteiger partial charge in [-0.3, -0.25) is 9.59 Å². The van der Waals surface area contributed by atoms with Gasteiger partial charge in [0.05, 0.1) is 12.5 Å². The second kappa shape index (κ2) is 8.42. The molecule has 1 aliphatic rings. The SMILES string of the molecule is CC[C@@H]1SC[C@@H](C(=O)N[C@@H](C)CC)N1C(=O)c1ccc(OC)cc1. The van der Waals surface area contributed by atoms with Gasteiger partial charge in [-0.05, 0) is 44.0 Å². The van der Waals surface area contributed by atoms with Gasteiger partial charge in [-0.1, -0.05) is 13.8 Å². The molecule has 0 aromatic heterocycles. The summed E-state index contributed by atoms with van der Waals surface area (Å²) in [5.41, 5.74) is 0.582. The van der Waals surface area contributed by atoms with Gasteiger partial charge in [0, 0.05) is 17.4 Å². The Labute approximate surface area is 148 Å². The molecule has 2 amide bonds. The predicted octanol–water partition coefficient (Wildman–Crippen LogP) is 2.90. The molecule has 132 valence electrons. The second-order valence-corrected chi connectivity index (χ2v) is 7.18. The molecule has 1 saturated heterocycles. The number of hydrogen-bond donors (Lipinski definition) is 1. The monoisotopic (exact) mass is 350 g/mol. The fourth-order valence-electron chi connectivity index (χ4n) is 2.68. The number of hydrogen-bond acceptors (Lipinski definition) is 4. The average Bonchev–Trinajstić information content (AvgIpc) is 3.05. The van der Waals surface area contributed by atoms with Crippen molar-refractivity contribution in [2.45, 2.75) is 51.1 Å². The Bertz CT molecular complexity index is 576. The Balaban J connectivity index is 2.20. The van der Waals surface area contributed by atoms with Crippen molar-refractivity contribution >= 4 is 23.6 Å². The molecular weight excluding hydrogens is 324 g/mol. The highest BCUT2D eigenvalue weighted by molar-refractivity contribution is 8.00. The van der Waals surface area contributed by atoms with E-state index in [4.69, 9.17) is 4.74 Å². The number of benzene rings is 1.